The third-order valence-electron chi connectivity index (χ3n) is 2.72. The Balaban J connectivity index is 2.84. The van der Waals surface area contributed by atoms with Gasteiger partial charge in [-0.25, -0.2) is 8.42 Å². The summed E-state index contributed by atoms with van der Waals surface area (Å²) in [5, 5.41) is 11.2. The molecule has 0 radical (unpaired) electrons. The summed E-state index contributed by atoms with van der Waals surface area (Å²) < 4.78 is 23.9. The number of aliphatic hydroxyl groups is 1. The van der Waals surface area contributed by atoms with Gasteiger partial charge in [-0.05, 0) is 31.9 Å². The molecule has 0 fully saturated rings. The number of sulfone groups is 1. The van der Waals surface area contributed by atoms with Crippen molar-refractivity contribution in [3.05, 3.63) is 34.7 Å². The maximum absolute atomic E-state index is 11.9. The lowest BCUT2D eigenvalue weighted by Gasteiger charge is -2.20. The van der Waals surface area contributed by atoms with Gasteiger partial charge in [-0.3, -0.25) is 0 Å². The molecule has 4 heteroatoms. The van der Waals surface area contributed by atoms with E-state index in [1.807, 2.05) is 0 Å². The fourth-order valence-electron chi connectivity index (χ4n) is 1.99. The molecule has 1 aromatic rings. The molecule has 3 nitrogen and oxygen atoms in total. The number of allylic oxidation sites excluding steroid dienone is 1. The molecule has 0 atom stereocenters. The fourth-order valence-corrected chi connectivity index (χ4v) is 3.86. The van der Waals surface area contributed by atoms with Crippen molar-refractivity contribution in [1.29, 1.82) is 0 Å². The van der Waals surface area contributed by atoms with Gasteiger partial charge in [0.25, 0.3) is 0 Å². The average Bonchev–Trinajstić information content (AvgIpc) is 2.36. The van der Waals surface area contributed by atoms with Gasteiger partial charge in [0, 0.05) is 11.0 Å². The minimum atomic E-state index is -3.39. The Morgan fingerprint density at radius 1 is 1.25 bits per heavy atom. The van der Waals surface area contributed by atoms with E-state index in [4.69, 9.17) is 0 Å². The van der Waals surface area contributed by atoms with Crippen molar-refractivity contribution in [1.82, 2.24) is 0 Å². The number of benzene rings is 1. The number of hydrogen-bond donors (Lipinski definition) is 1. The Morgan fingerprint density at radius 3 is 2.44 bits per heavy atom. The van der Waals surface area contributed by atoms with Crippen LogP contribution in [0, 0.1) is 0 Å². The summed E-state index contributed by atoms with van der Waals surface area (Å²) in [5.41, 5.74) is 0.718. The van der Waals surface area contributed by atoms with Crippen LogP contribution in [-0.2, 0) is 15.4 Å². The Kier molecular flexibility index (Phi) is 2.26. The summed E-state index contributed by atoms with van der Waals surface area (Å²) in [7, 11) is -3.39. The first-order chi connectivity index (χ1) is 7.23. The summed E-state index contributed by atoms with van der Waals surface area (Å²) in [6, 6.07) is 5.19. The summed E-state index contributed by atoms with van der Waals surface area (Å²) in [6.07, 6.45) is 0. The predicted molar refractivity (Wildman–Crippen MR) is 62.5 cm³/mol. The minimum Gasteiger partial charge on any atom is -0.386 e. The maximum Gasteiger partial charge on any atom is 0.201 e. The SMILES string of the molecule is CC1=CS(=O)(=O)c2c1cccc2C(C)(C)O. The van der Waals surface area contributed by atoms with Crippen LogP contribution < -0.4 is 0 Å². The van der Waals surface area contributed by atoms with Gasteiger partial charge in [-0.2, -0.15) is 0 Å². The van der Waals surface area contributed by atoms with Crippen molar-refractivity contribution in [2.24, 2.45) is 0 Å². The van der Waals surface area contributed by atoms with E-state index >= 15 is 0 Å². The number of fused-ring (bicyclic) bond motifs is 1. The number of rotatable bonds is 1. The summed E-state index contributed by atoms with van der Waals surface area (Å²) in [5.74, 6) is 0. The van der Waals surface area contributed by atoms with E-state index in [1.54, 1.807) is 39.0 Å². The molecule has 86 valence electrons. The Morgan fingerprint density at radius 2 is 1.88 bits per heavy atom. The van der Waals surface area contributed by atoms with E-state index < -0.39 is 15.4 Å². The first kappa shape index (κ1) is 11.4. The second-order valence-corrected chi connectivity index (χ2v) is 6.32. The molecule has 0 bridgehead atoms. The Hall–Kier alpha value is -1.13. The highest BCUT2D eigenvalue weighted by molar-refractivity contribution is 7.95. The lowest BCUT2D eigenvalue weighted by Crippen LogP contribution is -2.19. The lowest BCUT2D eigenvalue weighted by molar-refractivity contribution is 0.0755. The van der Waals surface area contributed by atoms with E-state index in [0.717, 1.165) is 5.57 Å². The van der Waals surface area contributed by atoms with Crippen LogP contribution in [-0.4, -0.2) is 13.5 Å². The molecule has 0 amide bonds. The van der Waals surface area contributed by atoms with Crippen molar-refractivity contribution in [3.8, 4) is 0 Å². The van der Waals surface area contributed by atoms with E-state index in [-0.39, 0.29) is 4.90 Å². The van der Waals surface area contributed by atoms with Crippen LogP contribution in [0.15, 0.2) is 28.5 Å². The molecular weight excluding hydrogens is 224 g/mol. The molecular formula is C12H14O3S. The molecule has 0 saturated heterocycles. The quantitative estimate of drug-likeness (QED) is 0.814. The van der Waals surface area contributed by atoms with Crippen LogP contribution in [0.1, 0.15) is 31.9 Å². The molecule has 0 saturated carbocycles. The highest BCUT2D eigenvalue weighted by atomic mass is 32.2. The van der Waals surface area contributed by atoms with Crippen molar-refractivity contribution >= 4 is 15.4 Å². The lowest BCUT2D eigenvalue weighted by atomic mass is 9.95. The van der Waals surface area contributed by atoms with Crippen LogP contribution in [0.5, 0.6) is 0 Å². The normalized spacial score (nSPS) is 18.1. The highest BCUT2D eigenvalue weighted by Crippen LogP contribution is 2.39. The van der Waals surface area contributed by atoms with Crippen molar-refractivity contribution < 1.29 is 13.5 Å². The molecule has 0 aromatic heterocycles. The highest BCUT2D eigenvalue weighted by Gasteiger charge is 2.32. The molecule has 1 aliphatic rings. The zero-order valence-corrected chi connectivity index (χ0v) is 10.3. The van der Waals surface area contributed by atoms with Gasteiger partial charge in [0.15, 0.2) is 0 Å². The van der Waals surface area contributed by atoms with Gasteiger partial charge >= 0.3 is 0 Å². The van der Waals surface area contributed by atoms with Gasteiger partial charge in [0.1, 0.15) is 0 Å². The monoisotopic (exact) mass is 238 g/mol. The molecule has 1 N–H and O–H groups in total. The molecule has 0 aliphatic carbocycles. The smallest absolute Gasteiger partial charge is 0.201 e. The van der Waals surface area contributed by atoms with Crippen LogP contribution in [0.4, 0.5) is 0 Å². The predicted octanol–water partition coefficient (Wildman–Crippen LogP) is 2.06. The molecule has 1 aromatic carbocycles. The van der Waals surface area contributed by atoms with Crippen LogP contribution in [0.25, 0.3) is 5.57 Å². The largest absolute Gasteiger partial charge is 0.386 e. The molecule has 1 heterocycles. The van der Waals surface area contributed by atoms with E-state index in [1.165, 1.54) is 5.41 Å². The van der Waals surface area contributed by atoms with Crippen molar-refractivity contribution in [2.75, 3.05) is 0 Å². The van der Waals surface area contributed by atoms with Gasteiger partial charge < -0.3 is 5.11 Å². The van der Waals surface area contributed by atoms with E-state index in [0.29, 0.717) is 11.1 Å². The first-order valence-corrected chi connectivity index (χ1v) is 6.58. The van der Waals surface area contributed by atoms with Gasteiger partial charge in [0.2, 0.25) is 9.84 Å². The molecule has 1 aliphatic heterocycles. The van der Waals surface area contributed by atoms with Gasteiger partial charge in [0.05, 0.1) is 10.5 Å². The molecule has 16 heavy (non-hydrogen) atoms. The maximum atomic E-state index is 11.9. The second kappa shape index (κ2) is 3.18. The minimum absolute atomic E-state index is 0.250. The van der Waals surface area contributed by atoms with E-state index in [9.17, 15) is 13.5 Å². The zero-order chi connectivity index (χ0) is 12.1. The summed E-state index contributed by atoms with van der Waals surface area (Å²) in [6.45, 7) is 4.94. The van der Waals surface area contributed by atoms with Crippen molar-refractivity contribution in [3.63, 3.8) is 0 Å². The number of hydrogen-bond acceptors (Lipinski definition) is 3. The first-order valence-electron chi connectivity index (χ1n) is 5.03. The topological polar surface area (TPSA) is 54.4 Å². The van der Waals surface area contributed by atoms with Gasteiger partial charge in [-0.1, -0.05) is 18.2 Å². The molecule has 0 unspecified atom stereocenters. The summed E-state index contributed by atoms with van der Waals surface area (Å²) in [4.78, 5) is 0.250. The van der Waals surface area contributed by atoms with Crippen molar-refractivity contribution in [2.45, 2.75) is 31.3 Å². The average molecular weight is 238 g/mol. The third-order valence-corrected chi connectivity index (χ3v) is 4.39. The third kappa shape index (κ3) is 1.58. The zero-order valence-electron chi connectivity index (χ0n) is 9.48. The van der Waals surface area contributed by atoms with Crippen LogP contribution in [0.3, 0.4) is 0 Å². The van der Waals surface area contributed by atoms with Gasteiger partial charge in [-0.15, -0.1) is 0 Å². The second-order valence-electron chi connectivity index (χ2n) is 4.59. The standard InChI is InChI=1S/C12H14O3S/c1-8-7-16(14,15)11-9(8)5-4-6-10(11)12(2,3)13/h4-7,13H,1-3H3. The van der Waals surface area contributed by atoms with E-state index in [2.05, 4.69) is 0 Å². The Bertz CT molecular complexity index is 575. The molecule has 0 spiro atoms. The fraction of sp³-hybridized carbons (Fsp3) is 0.333. The molecule has 2 rings (SSSR count). The summed E-state index contributed by atoms with van der Waals surface area (Å²) >= 11 is 0. The van der Waals surface area contributed by atoms with Crippen LogP contribution >= 0.6 is 0 Å². The Labute approximate surface area is 95.3 Å². The van der Waals surface area contributed by atoms with Crippen LogP contribution in [0.2, 0.25) is 0 Å².